The fourth-order valence-electron chi connectivity index (χ4n) is 2.59. The van der Waals surface area contributed by atoms with Gasteiger partial charge in [0.25, 0.3) is 0 Å². The zero-order valence-corrected chi connectivity index (χ0v) is 11.8. The van der Waals surface area contributed by atoms with Gasteiger partial charge in [-0.15, -0.1) is 0 Å². The normalized spacial score (nSPS) is 19.9. The largest absolute Gasteiger partial charge is 0.315 e. The molecule has 17 heavy (non-hydrogen) atoms. The summed E-state index contributed by atoms with van der Waals surface area (Å²) in [6.45, 7) is 5.90. The minimum absolute atomic E-state index is 0.754. The molecule has 0 aromatic rings. The first-order valence-electron chi connectivity index (χ1n) is 7.87. The highest BCUT2D eigenvalue weighted by atomic mass is 15.0. The molecule has 1 heterocycles. The number of rotatable bonds is 11. The highest BCUT2D eigenvalue weighted by Gasteiger charge is 2.12. The highest BCUT2D eigenvalue weighted by Crippen LogP contribution is 2.08. The van der Waals surface area contributed by atoms with Crippen molar-refractivity contribution in [1.29, 1.82) is 0 Å². The minimum atomic E-state index is 0.754. The molecule has 102 valence electrons. The average Bonchev–Trinajstić information content (AvgIpc) is 2.85. The molecule has 0 bridgehead atoms. The third-order valence-electron chi connectivity index (χ3n) is 3.76. The second-order valence-electron chi connectivity index (χ2n) is 5.47. The van der Waals surface area contributed by atoms with Crippen LogP contribution in [-0.2, 0) is 0 Å². The Morgan fingerprint density at radius 2 is 1.71 bits per heavy atom. The molecule has 0 aliphatic carbocycles. The Morgan fingerprint density at radius 3 is 2.35 bits per heavy atom. The van der Waals surface area contributed by atoms with E-state index in [4.69, 9.17) is 0 Å². The molecule has 1 fully saturated rings. The van der Waals surface area contributed by atoms with Gasteiger partial charge in [0.1, 0.15) is 0 Å². The molecule has 0 radical (unpaired) electrons. The zero-order valence-electron chi connectivity index (χ0n) is 11.8. The van der Waals surface area contributed by atoms with Gasteiger partial charge in [-0.25, -0.2) is 0 Å². The van der Waals surface area contributed by atoms with Crippen LogP contribution in [-0.4, -0.2) is 25.7 Å². The van der Waals surface area contributed by atoms with Crippen molar-refractivity contribution < 1.29 is 0 Å². The molecule has 2 nitrogen and oxygen atoms in total. The second-order valence-corrected chi connectivity index (χ2v) is 5.47. The number of hydrogen-bond donors (Lipinski definition) is 2. The summed E-state index contributed by atoms with van der Waals surface area (Å²) in [6, 6.07) is 0.754. The molecular formula is C15H32N2. The van der Waals surface area contributed by atoms with Crippen LogP contribution in [0.3, 0.4) is 0 Å². The molecule has 0 aromatic carbocycles. The molecule has 2 heteroatoms. The van der Waals surface area contributed by atoms with Crippen molar-refractivity contribution in [3.63, 3.8) is 0 Å². The van der Waals surface area contributed by atoms with Gasteiger partial charge in [0, 0.05) is 12.6 Å². The lowest BCUT2D eigenvalue weighted by Crippen LogP contribution is -2.34. The van der Waals surface area contributed by atoms with E-state index in [0.29, 0.717) is 0 Å². The molecule has 1 atom stereocenters. The standard InChI is InChI=1S/C15H32N2/c1-2-3-4-5-6-7-8-9-12-16-14-15-11-10-13-17-15/h15-17H,2-14H2,1H3/t15-/m0/s1. The Morgan fingerprint density at radius 1 is 1.00 bits per heavy atom. The first-order chi connectivity index (χ1) is 8.43. The van der Waals surface area contributed by atoms with Crippen LogP contribution < -0.4 is 10.6 Å². The Labute approximate surface area is 108 Å². The van der Waals surface area contributed by atoms with Crippen LogP contribution in [0, 0.1) is 0 Å². The van der Waals surface area contributed by atoms with Crippen LogP contribution in [0.25, 0.3) is 0 Å². The van der Waals surface area contributed by atoms with Crippen molar-refractivity contribution in [1.82, 2.24) is 10.6 Å². The van der Waals surface area contributed by atoms with Gasteiger partial charge in [0.05, 0.1) is 0 Å². The van der Waals surface area contributed by atoms with Crippen LogP contribution in [0.4, 0.5) is 0 Å². The summed E-state index contributed by atoms with van der Waals surface area (Å²) in [5.41, 5.74) is 0. The molecule has 2 N–H and O–H groups in total. The van der Waals surface area contributed by atoms with Gasteiger partial charge in [0.15, 0.2) is 0 Å². The summed E-state index contributed by atoms with van der Waals surface area (Å²) < 4.78 is 0. The van der Waals surface area contributed by atoms with E-state index in [-0.39, 0.29) is 0 Å². The maximum atomic E-state index is 3.58. The second kappa shape index (κ2) is 11.0. The highest BCUT2D eigenvalue weighted by molar-refractivity contribution is 4.75. The SMILES string of the molecule is CCCCCCCCCCNC[C@@H]1CCCN1. The molecule has 0 unspecified atom stereocenters. The third kappa shape index (κ3) is 8.62. The number of hydrogen-bond acceptors (Lipinski definition) is 2. The fourth-order valence-corrected chi connectivity index (χ4v) is 2.59. The lowest BCUT2D eigenvalue weighted by atomic mass is 10.1. The maximum absolute atomic E-state index is 3.58. The average molecular weight is 240 g/mol. The van der Waals surface area contributed by atoms with Crippen LogP contribution in [0.5, 0.6) is 0 Å². The quantitative estimate of drug-likeness (QED) is 0.540. The summed E-state index contributed by atoms with van der Waals surface area (Å²) in [5.74, 6) is 0. The summed E-state index contributed by atoms with van der Waals surface area (Å²) in [6.07, 6.45) is 14.1. The van der Waals surface area contributed by atoms with Crippen LogP contribution in [0.2, 0.25) is 0 Å². The number of nitrogens with one attached hydrogen (secondary N) is 2. The fraction of sp³-hybridized carbons (Fsp3) is 1.00. The van der Waals surface area contributed by atoms with E-state index in [2.05, 4.69) is 17.6 Å². The predicted octanol–water partition coefficient (Wildman–Crippen LogP) is 3.47. The summed E-state index contributed by atoms with van der Waals surface area (Å²) >= 11 is 0. The van der Waals surface area contributed by atoms with Crippen molar-refractivity contribution in [3.8, 4) is 0 Å². The minimum Gasteiger partial charge on any atom is -0.315 e. The molecule has 0 amide bonds. The Kier molecular flexibility index (Phi) is 9.72. The van der Waals surface area contributed by atoms with E-state index in [9.17, 15) is 0 Å². The molecule has 1 rings (SSSR count). The van der Waals surface area contributed by atoms with Gasteiger partial charge in [-0.3, -0.25) is 0 Å². The van der Waals surface area contributed by atoms with Crippen molar-refractivity contribution >= 4 is 0 Å². The van der Waals surface area contributed by atoms with Crippen LogP contribution in [0.1, 0.15) is 71.1 Å². The Balaban J connectivity index is 1.69. The zero-order chi connectivity index (χ0) is 12.2. The molecule has 1 aliphatic rings. The van der Waals surface area contributed by atoms with E-state index in [1.165, 1.54) is 83.8 Å². The van der Waals surface area contributed by atoms with Gasteiger partial charge in [0.2, 0.25) is 0 Å². The molecule has 1 saturated heterocycles. The van der Waals surface area contributed by atoms with Gasteiger partial charge in [-0.05, 0) is 32.4 Å². The summed E-state index contributed by atoms with van der Waals surface area (Å²) in [4.78, 5) is 0. The summed E-state index contributed by atoms with van der Waals surface area (Å²) in [5, 5.41) is 7.10. The van der Waals surface area contributed by atoms with E-state index in [1.807, 2.05) is 0 Å². The molecule has 0 saturated carbocycles. The van der Waals surface area contributed by atoms with Crippen molar-refractivity contribution in [2.75, 3.05) is 19.6 Å². The lowest BCUT2D eigenvalue weighted by Gasteiger charge is -2.11. The van der Waals surface area contributed by atoms with E-state index < -0.39 is 0 Å². The van der Waals surface area contributed by atoms with E-state index in [0.717, 1.165) is 6.04 Å². The summed E-state index contributed by atoms with van der Waals surface area (Å²) in [7, 11) is 0. The van der Waals surface area contributed by atoms with E-state index >= 15 is 0 Å². The Hall–Kier alpha value is -0.0800. The lowest BCUT2D eigenvalue weighted by molar-refractivity contribution is 0.511. The van der Waals surface area contributed by atoms with Crippen molar-refractivity contribution in [3.05, 3.63) is 0 Å². The third-order valence-corrected chi connectivity index (χ3v) is 3.76. The maximum Gasteiger partial charge on any atom is 0.0192 e. The molecule has 0 spiro atoms. The molecular weight excluding hydrogens is 208 g/mol. The Bertz CT molecular complexity index is 153. The first kappa shape index (κ1) is 15.0. The van der Waals surface area contributed by atoms with Crippen molar-refractivity contribution in [2.24, 2.45) is 0 Å². The predicted molar refractivity (Wildman–Crippen MR) is 76.5 cm³/mol. The number of unbranched alkanes of at least 4 members (excludes halogenated alkanes) is 7. The van der Waals surface area contributed by atoms with Gasteiger partial charge in [-0.1, -0.05) is 51.9 Å². The smallest absolute Gasteiger partial charge is 0.0192 e. The van der Waals surface area contributed by atoms with E-state index in [1.54, 1.807) is 0 Å². The van der Waals surface area contributed by atoms with Gasteiger partial charge < -0.3 is 10.6 Å². The topological polar surface area (TPSA) is 24.1 Å². The van der Waals surface area contributed by atoms with Gasteiger partial charge in [-0.2, -0.15) is 0 Å². The van der Waals surface area contributed by atoms with Crippen molar-refractivity contribution in [2.45, 2.75) is 77.2 Å². The first-order valence-corrected chi connectivity index (χ1v) is 7.87. The van der Waals surface area contributed by atoms with Crippen LogP contribution in [0.15, 0.2) is 0 Å². The molecule has 1 aliphatic heterocycles. The van der Waals surface area contributed by atoms with Gasteiger partial charge >= 0.3 is 0 Å². The van der Waals surface area contributed by atoms with Crippen LogP contribution >= 0.6 is 0 Å². The monoisotopic (exact) mass is 240 g/mol. The molecule has 0 aromatic heterocycles.